The molecule has 0 saturated carbocycles. The fourth-order valence-corrected chi connectivity index (χ4v) is 2.74. The minimum Gasteiger partial charge on any atom is -0.467 e. The van der Waals surface area contributed by atoms with Crippen molar-refractivity contribution in [3.05, 3.63) is 42.0 Å². The molecule has 5 heteroatoms. The van der Waals surface area contributed by atoms with Crippen molar-refractivity contribution in [1.29, 1.82) is 0 Å². The van der Waals surface area contributed by atoms with Gasteiger partial charge < -0.3 is 9.26 Å². The van der Waals surface area contributed by atoms with Gasteiger partial charge in [-0.3, -0.25) is 4.79 Å². The van der Waals surface area contributed by atoms with E-state index in [1.807, 2.05) is 50.3 Å². The number of ether oxygens (including phenoxy) is 1. The second kappa shape index (κ2) is 9.32. The molecule has 0 aliphatic heterocycles. The molecule has 104 valence electrons. The van der Waals surface area contributed by atoms with Gasteiger partial charge in [-0.25, -0.2) is 0 Å². The maximum absolute atomic E-state index is 11.6. The molecule has 0 bridgehead atoms. The third-order valence-electron chi connectivity index (χ3n) is 2.58. The Balaban J connectivity index is 2.77. The third kappa shape index (κ3) is 5.91. The van der Waals surface area contributed by atoms with E-state index in [4.69, 9.17) is 9.26 Å². The first kappa shape index (κ1) is 16.4. The lowest BCUT2D eigenvalue weighted by Crippen LogP contribution is -2.09. The average molecular weight is 392 g/mol. The van der Waals surface area contributed by atoms with Crippen molar-refractivity contribution < 1.29 is 14.1 Å². The van der Waals surface area contributed by atoms with Gasteiger partial charge in [-0.2, -0.15) is 0 Å². The lowest BCUT2D eigenvalue weighted by molar-refractivity contribution is -0.143. The van der Waals surface area contributed by atoms with Crippen molar-refractivity contribution >= 4 is 34.5 Å². The maximum atomic E-state index is 11.6. The van der Waals surface area contributed by atoms with E-state index in [9.17, 15) is 4.79 Å². The summed E-state index contributed by atoms with van der Waals surface area (Å²) >= 11 is 2.18. The van der Waals surface area contributed by atoms with Crippen molar-refractivity contribution in [2.45, 2.75) is 26.2 Å². The van der Waals surface area contributed by atoms with E-state index in [0.717, 1.165) is 11.3 Å². The van der Waals surface area contributed by atoms with Crippen LogP contribution in [-0.2, 0) is 9.53 Å². The van der Waals surface area contributed by atoms with Crippen LogP contribution in [0.2, 0.25) is 0 Å². The Morgan fingerprint density at radius 2 is 2.11 bits per heavy atom. The maximum Gasteiger partial charge on any atom is 0.306 e. The standard InChI is InChI=1S/C14H18IO3P/c1-3-5-12(10-14(16)17-4-2)11-6-8-13(9-7-11)18-19-15/h3,5-9,12,19H,4,10H2,1-2H3/b5-3+. The number of esters is 1. The Labute approximate surface area is 129 Å². The Hall–Kier alpha value is -0.610. The smallest absolute Gasteiger partial charge is 0.306 e. The molecule has 0 aromatic heterocycles. The molecule has 1 aromatic rings. The SMILES string of the molecule is C/C=C/C(CC(=O)OCC)c1ccc(OPI)cc1. The third-order valence-corrected chi connectivity index (χ3v) is 3.55. The van der Waals surface area contributed by atoms with Crippen LogP contribution in [0.4, 0.5) is 0 Å². The lowest BCUT2D eigenvalue weighted by Gasteiger charge is -2.13. The summed E-state index contributed by atoms with van der Waals surface area (Å²) in [6, 6.07) is 7.86. The molecule has 2 atom stereocenters. The van der Waals surface area contributed by atoms with Crippen molar-refractivity contribution in [2.75, 3.05) is 6.61 Å². The first-order valence-electron chi connectivity index (χ1n) is 6.12. The van der Waals surface area contributed by atoms with Crippen LogP contribution in [0.1, 0.15) is 31.7 Å². The van der Waals surface area contributed by atoms with Gasteiger partial charge in [0.05, 0.1) is 13.0 Å². The van der Waals surface area contributed by atoms with Crippen LogP contribution >= 0.6 is 28.5 Å². The van der Waals surface area contributed by atoms with Crippen LogP contribution in [0, 0.1) is 0 Å². The lowest BCUT2D eigenvalue weighted by atomic mass is 9.95. The Morgan fingerprint density at radius 1 is 1.42 bits per heavy atom. The van der Waals surface area contributed by atoms with E-state index in [2.05, 4.69) is 22.0 Å². The highest BCUT2D eigenvalue weighted by Gasteiger charge is 2.14. The zero-order valence-electron chi connectivity index (χ0n) is 11.1. The van der Waals surface area contributed by atoms with E-state index in [1.54, 1.807) is 0 Å². The molecule has 3 nitrogen and oxygen atoms in total. The molecular weight excluding hydrogens is 374 g/mol. The van der Waals surface area contributed by atoms with Gasteiger partial charge in [0, 0.05) is 5.92 Å². The number of rotatable bonds is 7. The van der Waals surface area contributed by atoms with Crippen molar-refractivity contribution in [1.82, 2.24) is 0 Å². The molecule has 2 unspecified atom stereocenters. The molecule has 0 spiro atoms. The van der Waals surface area contributed by atoms with Gasteiger partial charge in [-0.15, -0.1) is 0 Å². The summed E-state index contributed by atoms with van der Waals surface area (Å²) in [5.74, 6) is 0.742. The van der Waals surface area contributed by atoms with Crippen LogP contribution in [-0.4, -0.2) is 12.6 Å². The van der Waals surface area contributed by atoms with E-state index in [0.29, 0.717) is 19.5 Å². The van der Waals surface area contributed by atoms with Gasteiger partial charge in [-0.1, -0.05) is 24.3 Å². The molecule has 19 heavy (non-hydrogen) atoms. The Kier molecular flexibility index (Phi) is 8.07. The van der Waals surface area contributed by atoms with Crippen LogP contribution in [0.3, 0.4) is 0 Å². The largest absolute Gasteiger partial charge is 0.467 e. The molecule has 0 heterocycles. The van der Waals surface area contributed by atoms with Gasteiger partial charge in [0.25, 0.3) is 0 Å². The summed E-state index contributed by atoms with van der Waals surface area (Å²) in [6.45, 7) is 4.60. The summed E-state index contributed by atoms with van der Waals surface area (Å²) in [4.78, 5) is 11.6. The number of carbonyl (C=O) groups excluding carboxylic acids is 1. The highest BCUT2D eigenvalue weighted by molar-refractivity contribution is 14.2. The monoisotopic (exact) mass is 392 g/mol. The number of halogens is 1. The zero-order valence-corrected chi connectivity index (χ0v) is 14.2. The summed E-state index contributed by atoms with van der Waals surface area (Å²) in [7, 11) is 0. The summed E-state index contributed by atoms with van der Waals surface area (Å²) in [5, 5.41) is 0. The summed E-state index contributed by atoms with van der Waals surface area (Å²) in [6.07, 6.45) is 4.35. The minimum absolute atomic E-state index is 0.0557. The van der Waals surface area contributed by atoms with Gasteiger partial charge in [0.1, 0.15) is 12.2 Å². The highest BCUT2D eigenvalue weighted by atomic mass is 127. The molecular formula is C14H18IO3P. The van der Waals surface area contributed by atoms with Crippen LogP contribution in [0.5, 0.6) is 5.75 Å². The van der Waals surface area contributed by atoms with Gasteiger partial charge >= 0.3 is 5.97 Å². The molecule has 0 aliphatic carbocycles. The van der Waals surface area contributed by atoms with E-state index >= 15 is 0 Å². The second-order valence-electron chi connectivity index (χ2n) is 3.89. The summed E-state index contributed by atoms with van der Waals surface area (Å²) in [5.41, 5.74) is 1.09. The first-order valence-corrected chi connectivity index (χ1v) is 10.1. The fraction of sp³-hybridized carbons (Fsp3) is 0.357. The topological polar surface area (TPSA) is 35.5 Å². The molecule has 0 fully saturated rings. The van der Waals surface area contributed by atoms with E-state index in [-0.39, 0.29) is 11.9 Å². The van der Waals surface area contributed by atoms with E-state index < -0.39 is 0 Å². The average Bonchev–Trinajstić information content (AvgIpc) is 2.40. The molecule has 1 aromatic carbocycles. The van der Waals surface area contributed by atoms with Crippen LogP contribution < -0.4 is 4.52 Å². The van der Waals surface area contributed by atoms with Gasteiger partial charge in [0.15, 0.2) is 0 Å². The van der Waals surface area contributed by atoms with Crippen molar-refractivity contribution in [3.63, 3.8) is 0 Å². The number of allylic oxidation sites excluding steroid dienone is 2. The quantitative estimate of drug-likeness (QED) is 0.294. The second-order valence-corrected chi connectivity index (χ2v) is 5.57. The van der Waals surface area contributed by atoms with Gasteiger partial charge in [-0.05, 0) is 53.6 Å². The van der Waals surface area contributed by atoms with Crippen molar-refractivity contribution in [3.8, 4) is 5.75 Å². The number of hydrogen-bond acceptors (Lipinski definition) is 3. The van der Waals surface area contributed by atoms with E-state index in [1.165, 1.54) is 0 Å². The van der Waals surface area contributed by atoms with Crippen molar-refractivity contribution in [2.24, 2.45) is 0 Å². The predicted octanol–water partition coefficient (Wildman–Crippen LogP) is 4.62. The minimum atomic E-state index is -0.167. The number of carbonyl (C=O) groups is 1. The normalized spacial score (nSPS) is 13.0. The fourth-order valence-electron chi connectivity index (χ4n) is 1.76. The molecule has 0 saturated heterocycles. The van der Waals surface area contributed by atoms with Crippen LogP contribution in [0.15, 0.2) is 36.4 Å². The van der Waals surface area contributed by atoms with Crippen LogP contribution in [0.25, 0.3) is 0 Å². The zero-order chi connectivity index (χ0) is 14.1. The first-order chi connectivity index (χ1) is 9.21. The Morgan fingerprint density at radius 3 is 2.63 bits per heavy atom. The molecule has 0 amide bonds. The Bertz CT molecular complexity index is 417. The molecule has 0 radical (unpaired) electrons. The van der Waals surface area contributed by atoms with Gasteiger partial charge in [0.2, 0.25) is 0 Å². The predicted molar refractivity (Wildman–Crippen MR) is 88.2 cm³/mol. The number of hydrogen-bond donors (Lipinski definition) is 0. The molecule has 0 aliphatic rings. The number of benzene rings is 1. The molecule has 1 rings (SSSR count). The molecule has 0 N–H and O–H groups in total. The highest BCUT2D eigenvalue weighted by Crippen LogP contribution is 2.29. The summed E-state index contributed by atoms with van der Waals surface area (Å²) < 4.78 is 10.4.